The minimum absolute atomic E-state index is 0.202. The summed E-state index contributed by atoms with van der Waals surface area (Å²) in [4.78, 5) is 4.58. The van der Waals surface area contributed by atoms with E-state index in [9.17, 15) is 5.26 Å². The molecule has 7 rings (SSSR count). The summed E-state index contributed by atoms with van der Waals surface area (Å²) >= 11 is 6.88. The molecule has 0 saturated heterocycles. The highest BCUT2D eigenvalue weighted by Crippen LogP contribution is 2.50. The fourth-order valence-electron chi connectivity index (χ4n) is 5.65. The summed E-state index contributed by atoms with van der Waals surface area (Å²) in [6, 6.07) is 27.6. The molecule has 2 fully saturated rings. The lowest BCUT2D eigenvalue weighted by Gasteiger charge is -2.34. The predicted octanol–water partition coefficient (Wildman–Crippen LogP) is 5.09. The third-order valence-electron chi connectivity index (χ3n) is 8.30. The van der Waals surface area contributed by atoms with Crippen molar-refractivity contribution in [1.82, 2.24) is 21.0 Å². The Balaban J connectivity index is 1.32. The molecule has 4 aromatic rings. The zero-order valence-corrected chi connectivity index (χ0v) is 23.0. The lowest BCUT2D eigenvalue weighted by molar-refractivity contribution is 0.260. The molecule has 7 nitrogen and oxygen atoms in total. The van der Waals surface area contributed by atoms with Crippen LogP contribution in [0.25, 0.3) is 10.9 Å². The molecule has 1 atom stereocenters. The van der Waals surface area contributed by atoms with Crippen molar-refractivity contribution in [2.45, 2.75) is 42.7 Å². The first kappa shape index (κ1) is 24.8. The van der Waals surface area contributed by atoms with Crippen molar-refractivity contribution in [3.05, 3.63) is 113 Å². The van der Waals surface area contributed by atoms with Gasteiger partial charge in [0.05, 0.1) is 38.5 Å². The number of hydrogen-bond acceptors (Lipinski definition) is 7. The van der Waals surface area contributed by atoms with Gasteiger partial charge >= 0.3 is 0 Å². The molecule has 40 heavy (non-hydrogen) atoms. The predicted molar refractivity (Wildman–Crippen MR) is 162 cm³/mol. The summed E-state index contributed by atoms with van der Waals surface area (Å²) in [7, 11) is 2.16. The summed E-state index contributed by atoms with van der Waals surface area (Å²) in [6.45, 7) is 0. The number of nitrogens with one attached hydrogen (secondary N) is 4. The van der Waals surface area contributed by atoms with Gasteiger partial charge in [0, 0.05) is 29.5 Å². The first-order valence-electron chi connectivity index (χ1n) is 13.7. The molecule has 1 aromatic heterocycles. The summed E-state index contributed by atoms with van der Waals surface area (Å²) in [5.41, 5.74) is 12.0. The summed E-state index contributed by atoms with van der Waals surface area (Å²) < 4.78 is 0. The van der Waals surface area contributed by atoms with E-state index < -0.39 is 5.44 Å². The summed E-state index contributed by atoms with van der Waals surface area (Å²) in [5.74, 6) is 0. The molecule has 0 spiro atoms. The van der Waals surface area contributed by atoms with Gasteiger partial charge in [-0.3, -0.25) is 9.99 Å². The fourth-order valence-corrected chi connectivity index (χ4v) is 5.91. The Hall–Kier alpha value is -4.19. The van der Waals surface area contributed by atoms with E-state index in [-0.39, 0.29) is 5.54 Å². The van der Waals surface area contributed by atoms with E-state index in [1.807, 2.05) is 30.3 Å². The quantitative estimate of drug-likeness (QED) is 0.230. The SMILES string of the molecule is BC(Nc1cc(Cl)c2ncc(C#N)c(NC3(c4ccccc4)CC3)c2c1)(C1=CN(C2CC2)NN1)c1ccccc1. The molecule has 2 aliphatic carbocycles. The first-order valence-corrected chi connectivity index (χ1v) is 14.1. The molecule has 0 amide bonds. The van der Waals surface area contributed by atoms with Crippen LogP contribution in [0.3, 0.4) is 0 Å². The smallest absolute Gasteiger partial charge is 0.148 e. The largest absolute Gasteiger partial charge is 0.378 e. The second kappa shape index (κ2) is 9.48. The maximum absolute atomic E-state index is 10.1. The van der Waals surface area contributed by atoms with Gasteiger partial charge in [-0.1, -0.05) is 72.3 Å². The zero-order chi connectivity index (χ0) is 27.3. The van der Waals surface area contributed by atoms with Crippen LogP contribution in [0, 0.1) is 11.3 Å². The number of hydrogen-bond donors (Lipinski definition) is 4. The van der Waals surface area contributed by atoms with E-state index >= 15 is 0 Å². The maximum Gasteiger partial charge on any atom is 0.148 e. The van der Waals surface area contributed by atoms with Gasteiger partial charge in [0.2, 0.25) is 0 Å². The number of aromatic nitrogens is 1. The molecule has 1 unspecified atom stereocenters. The van der Waals surface area contributed by atoms with Crippen LogP contribution in [0.5, 0.6) is 0 Å². The molecular weight excluding hydrogens is 517 g/mol. The topological polar surface area (TPSA) is 88.0 Å². The van der Waals surface area contributed by atoms with E-state index in [1.54, 1.807) is 6.20 Å². The molecule has 2 saturated carbocycles. The van der Waals surface area contributed by atoms with Crippen molar-refractivity contribution in [3.63, 3.8) is 0 Å². The summed E-state index contributed by atoms with van der Waals surface area (Å²) in [5, 5.41) is 21.1. The van der Waals surface area contributed by atoms with Crippen LogP contribution in [-0.2, 0) is 11.0 Å². The van der Waals surface area contributed by atoms with Crippen molar-refractivity contribution >= 4 is 41.7 Å². The number of hydrazine groups is 2. The molecule has 4 N–H and O–H groups in total. The molecule has 2 heterocycles. The average Bonchev–Trinajstić information content (AvgIpc) is 3.93. The molecule has 0 bridgehead atoms. The highest BCUT2D eigenvalue weighted by Gasteiger charge is 2.45. The minimum atomic E-state index is -0.593. The number of rotatable bonds is 8. The van der Waals surface area contributed by atoms with Gasteiger partial charge in [-0.15, -0.1) is 5.53 Å². The van der Waals surface area contributed by atoms with Gasteiger partial charge in [-0.25, -0.2) is 0 Å². The first-order chi connectivity index (χ1) is 19.5. The van der Waals surface area contributed by atoms with Crippen LogP contribution in [-0.4, -0.2) is 23.9 Å². The Morgan fingerprint density at radius 3 is 2.48 bits per heavy atom. The second-order valence-electron chi connectivity index (χ2n) is 11.1. The molecule has 3 aliphatic rings. The monoisotopic (exact) mass is 545 g/mol. The van der Waals surface area contributed by atoms with Crippen molar-refractivity contribution < 1.29 is 0 Å². The minimum Gasteiger partial charge on any atom is -0.378 e. The van der Waals surface area contributed by atoms with Crippen LogP contribution < -0.4 is 21.6 Å². The number of nitriles is 1. The zero-order valence-electron chi connectivity index (χ0n) is 22.2. The van der Waals surface area contributed by atoms with E-state index in [4.69, 9.17) is 11.6 Å². The Morgan fingerprint density at radius 1 is 1.07 bits per heavy atom. The van der Waals surface area contributed by atoms with Crippen molar-refractivity contribution in [3.8, 4) is 6.07 Å². The van der Waals surface area contributed by atoms with Crippen molar-refractivity contribution in [2.24, 2.45) is 0 Å². The fraction of sp³-hybridized carbons (Fsp3) is 0.226. The molecule has 198 valence electrons. The van der Waals surface area contributed by atoms with E-state index in [2.05, 4.69) is 94.2 Å². The Morgan fingerprint density at radius 2 is 1.80 bits per heavy atom. The third kappa shape index (κ3) is 4.32. The Labute approximate surface area is 239 Å². The van der Waals surface area contributed by atoms with E-state index in [1.165, 1.54) is 18.4 Å². The number of anilines is 2. The number of fused-ring (bicyclic) bond motifs is 1. The maximum atomic E-state index is 10.1. The van der Waals surface area contributed by atoms with Crippen LogP contribution in [0.4, 0.5) is 11.4 Å². The van der Waals surface area contributed by atoms with Crippen LogP contribution in [0.1, 0.15) is 42.4 Å². The van der Waals surface area contributed by atoms with E-state index in [0.717, 1.165) is 40.9 Å². The van der Waals surface area contributed by atoms with Crippen LogP contribution in [0.15, 0.2) is 90.9 Å². The number of nitrogens with zero attached hydrogens (tertiary/aromatic N) is 3. The van der Waals surface area contributed by atoms with Gasteiger partial charge < -0.3 is 16.1 Å². The van der Waals surface area contributed by atoms with Crippen LogP contribution >= 0.6 is 11.6 Å². The third-order valence-corrected chi connectivity index (χ3v) is 8.59. The van der Waals surface area contributed by atoms with Crippen LogP contribution in [0.2, 0.25) is 5.02 Å². The van der Waals surface area contributed by atoms with Gasteiger partial charge in [0.25, 0.3) is 0 Å². The molecular formula is C31H29BClN7. The number of benzene rings is 3. The summed E-state index contributed by atoms with van der Waals surface area (Å²) in [6.07, 6.45) is 8.12. The Kier molecular flexibility index (Phi) is 5.88. The van der Waals surface area contributed by atoms with Gasteiger partial charge in [-0.05, 0) is 48.9 Å². The lowest BCUT2D eigenvalue weighted by atomic mass is 9.69. The van der Waals surface area contributed by atoms with Gasteiger partial charge in [-0.2, -0.15) is 5.26 Å². The number of halogens is 1. The highest BCUT2D eigenvalue weighted by atomic mass is 35.5. The van der Waals surface area contributed by atoms with Gasteiger partial charge in [0.1, 0.15) is 13.9 Å². The van der Waals surface area contributed by atoms with Gasteiger partial charge in [0.15, 0.2) is 0 Å². The molecule has 3 aromatic carbocycles. The van der Waals surface area contributed by atoms with E-state index in [0.29, 0.717) is 22.1 Å². The Bertz CT molecular complexity index is 1660. The normalized spacial score (nSPS) is 18.8. The second-order valence-corrected chi connectivity index (χ2v) is 11.5. The standard InChI is InChI=1S/C31H29BClN7/c32-31(22-9-5-2-6-10-22,27-19-40(39-38-27)24-11-12-24)36-23-15-25-28(20(17-34)18-35-29(25)26(33)16-23)37-30(13-14-30)21-7-3-1-4-8-21/h1-10,15-16,18-19,24,36,38-39H,11-14,32H2,(H,35,37). The highest BCUT2D eigenvalue weighted by molar-refractivity contribution is 6.36. The lowest BCUT2D eigenvalue weighted by Crippen LogP contribution is -2.45. The number of pyridine rings is 1. The molecule has 0 radical (unpaired) electrons. The average molecular weight is 546 g/mol. The molecule has 1 aliphatic heterocycles. The van der Waals surface area contributed by atoms with Crippen molar-refractivity contribution in [1.29, 1.82) is 5.26 Å². The van der Waals surface area contributed by atoms with Crippen molar-refractivity contribution in [2.75, 3.05) is 10.6 Å². The molecule has 9 heteroatoms.